The Bertz CT molecular complexity index is 336. The van der Waals surface area contributed by atoms with Crippen LogP contribution in [0.3, 0.4) is 0 Å². The molecule has 0 heterocycles. The molecule has 3 unspecified atom stereocenters. The van der Waals surface area contributed by atoms with Gasteiger partial charge in [0, 0.05) is 12.1 Å². The van der Waals surface area contributed by atoms with E-state index in [1.54, 1.807) is 0 Å². The molecule has 22 heavy (non-hydrogen) atoms. The molecule has 1 aliphatic carbocycles. The Morgan fingerprint density at radius 1 is 1.23 bits per heavy atom. The fourth-order valence-electron chi connectivity index (χ4n) is 3.10. The van der Waals surface area contributed by atoms with Crippen molar-refractivity contribution in [2.45, 2.75) is 91.3 Å². The molecule has 3 atom stereocenters. The molecule has 0 radical (unpaired) electrons. The van der Waals surface area contributed by atoms with Crippen LogP contribution in [-0.2, 0) is 4.74 Å². The van der Waals surface area contributed by atoms with Crippen LogP contribution >= 0.6 is 0 Å². The van der Waals surface area contributed by atoms with Crippen molar-refractivity contribution in [3.63, 3.8) is 0 Å². The van der Waals surface area contributed by atoms with Gasteiger partial charge in [-0.25, -0.2) is 4.79 Å². The number of amides is 1. The molecule has 4 heteroatoms. The van der Waals surface area contributed by atoms with Gasteiger partial charge < -0.3 is 15.4 Å². The van der Waals surface area contributed by atoms with Crippen molar-refractivity contribution in [2.75, 3.05) is 6.54 Å². The van der Waals surface area contributed by atoms with E-state index in [0.29, 0.717) is 6.04 Å². The molecule has 130 valence electrons. The van der Waals surface area contributed by atoms with Crippen molar-refractivity contribution >= 4 is 6.09 Å². The van der Waals surface area contributed by atoms with Gasteiger partial charge in [-0.15, -0.1) is 0 Å². The number of rotatable bonds is 6. The first-order valence-electron chi connectivity index (χ1n) is 8.90. The summed E-state index contributed by atoms with van der Waals surface area (Å²) in [6.07, 6.45) is 5.92. The van der Waals surface area contributed by atoms with Crippen LogP contribution in [0.4, 0.5) is 4.79 Å². The van der Waals surface area contributed by atoms with Crippen LogP contribution in [0.5, 0.6) is 0 Å². The first-order chi connectivity index (χ1) is 10.2. The highest BCUT2D eigenvalue weighted by Crippen LogP contribution is 2.29. The first kappa shape index (κ1) is 19.3. The van der Waals surface area contributed by atoms with Gasteiger partial charge in [-0.05, 0) is 65.3 Å². The van der Waals surface area contributed by atoms with Gasteiger partial charge in [0.05, 0.1) is 0 Å². The molecular weight excluding hydrogens is 276 g/mol. The van der Waals surface area contributed by atoms with Crippen molar-refractivity contribution < 1.29 is 9.53 Å². The lowest BCUT2D eigenvalue weighted by molar-refractivity contribution is 0.0506. The zero-order valence-electron chi connectivity index (χ0n) is 15.4. The van der Waals surface area contributed by atoms with Crippen LogP contribution in [0, 0.1) is 11.8 Å². The second-order valence-electron chi connectivity index (χ2n) is 8.16. The Balaban J connectivity index is 2.19. The Kier molecular flexibility index (Phi) is 7.67. The monoisotopic (exact) mass is 312 g/mol. The van der Waals surface area contributed by atoms with Crippen molar-refractivity contribution in [1.29, 1.82) is 0 Å². The van der Waals surface area contributed by atoms with E-state index in [1.807, 2.05) is 27.7 Å². The number of carbonyl (C=O) groups excluding carboxylic acids is 1. The third-order valence-electron chi connectivity index (χ3n) is 4.43. The molecule has 0 bridgehead atoms. The minimum Gasteiger partial charge on any atom is -0.444 e. The number of hydrogen-bond donors (Lipinski definition) is 2. The molecule has 0 spiro atoms. The van der Waals surface area contributed by atoms with E-state index >= 15 is 0 Å². The van der Waals surface area contributed by atoms with Crippen LogP contribution < -0.4 is 10.6 Å². The predicted molar refractivity (Wildman–Crippen MR) is 92.0 cm³/mol. The van der Waals surface area contributed by atoms with Gasteiger partial charge in [0.15, 0.2) is 0 Å². The smallest absolute Gasteiger partial charge is 0.407 e. The van der Waals surface area contributed by atoms with E-state index in [1.165, 1.54) is 25.7 Å². The van der Waals surface area contributed by atoms with Crippen molar-refractivity contribution in [1.82, 2.24) is 10.6 Å². The number of hydrogen-bond acceptors (Lipinski definition) is 3. The number of carbonyl (C=O) groups is 1. The summed E-state index contributed by atoms with van der Waals surface area (Å²) < 4.78 is 5.27. The molecule has 1 aliphatic rings. The number of ether oxygens (including phenoxy) is 1. The summed E-state index contributed by atoms with van der Waals surface area (Å²) in [6.45, 7) is 13.3. The van der Waals surface area contributed by atoms with Gasteiger partial charge >= 0.3 is 6.09 Å². The fraction of sp³-hybridized carbons (Fsp3) is 0.944. The highest BCUT2D eigenvalue weighted by molar-refractivity contribution is 5.67. The average molecular weight is 312 g/mol. The maximum absolute atomic E-state index is 11.7. The van der Waals surface area contributed by atoms with Crippen molar-refractivity contribution in [3.8, 4) is 0 Å². The highest BCUT2D eigenvalue weighted by Gasteiger charge is 2.24. The van der Waals surface area contributed by atoms with Gasteiger partial charge in [-0.2, -0.15) is 0 Å². The third-order valence-corrected chi connectivity index (χ3v) is 4.43. The molecule has 0 aromatic rings. The Labute approximate surface area is 136 Å². The molecule has 1 amide bonds. The molecule has 4 nitrogen and oxygen atoms in total. The molecule has 0 aliphatic heterocycles. The summed E-state index contributed by atoms with van der Waals surface area (Å²) in [6, 6.07) is 0.779. The molecule has 0 saturated heterocycles. The van der Waals surface area contributed by atoms with Crippen molar-refractivity contribution in [2.24, 2.45) is 11.8 Å². The van der Waals surface area contributed by atoms with Crippen LogP contribution in [0.2, 0.25) is 0 Å². The van der Waals surface area contributed by atoms with E-state index in [2.05, 4.69) is 24.5 Å². The molecule has 0 aromatic heterocycles. The number of nitrogens with one attached hydrogen (secondary N) is 2. The van der Waals surface area contributed by atoms with Gasteiger partial charge in [0.1, 0.15) is 5.60 Å². The SMILES string of the molecule is CC(CCNC1CCCC(C(C)C)C1)NC(=O)OC(C)(C)C. The quantitative estimate of drug-likeness (QED) is 0.776. The fourth-order valence-corrected chi connectivity index (χ4v) is 3.10. The van der Waals surface area contributed by atoms with E-state index in [9.17, 15) is 4.79 Å². The Hall–Kier alpha value is -0.770. The van der Waals surface area contributed by atoms with E-state index in [4.69, 9.17) is 4.74 Å². The largest absolute Gasteiger partial charge is 0.444 e. The molecule has 2 N–H and O–H groups in total. The van der Waals surface area contributed by atoms with Crippen LogP contribution in [0.15, 0.2) is 0 Å². The number of alkyl carbamates (subject to hydrolysis) is 1. The minimum absolute atomic E-state index is 0.131. The molecule has 1 rings (SSSR count). The third kappa shape index (κ3) is 8.02. The second kappa shape index (κ2) is 8.76. The zero-order chi connectivity index (χ0) is 16.8. The topological polar surface area (TPSA) is 50.4 Å². The molecule has 0 aromatic carbocycles. The lowest BCUT2D eigenvalue weighted by atomic mass is 9.79. The van der Waals surface area contributed by atoms with Gasteiger partial charge in [-0.3, -0.25) is 0 Å². The second-order valence-corrected chi connectivity index (χ2v) is 8.16. The van der Waals surface area contributed by atoms with Crippen LogP contribution in [-0.4, -0.2) is 30.3 Å². The lowest BCUT2D eigenvalue weighted by Gasteiger charge is -2.32. The van der Waals surface area contributed by atoms with Gasteiger partial charge in [0.25, 0.3) is 0 Å². The van der Waals surface area contributed by atoms with E-state index in [-0.39, 0.29) is 12.1 Å². The highest BCUT2D eigenvalue weighted by atomic mass is 16.6. The lowest BCUT2D eigenvalue weighted by Crippen LogP contribution is -2.41. The summed E-state index contributed by atoms with van der Waals surface area (Å²) in [7, 11) is 0. The maximum Gasteiger partial charge on any atom is 0.407 e. The molecule has 1 saturated carbocycles. The summed E-state index contributed by atoms with van der Waals surface area (Å²) >= 11 is 0. The summed E-state index contributed by atoms with van der Waals surface area (Å²) in [5, 5.41) is 6.57. The summed E-state index contributed by atoms with van der Waals surface area (Å²) in [4.78, 5) is 11.7. The Morgan fingerprint density at radius 3 is 2.50 bits per heavy atom. The summed E-state index contributed by atoms with van der Waals surface area (Å²) in [5.74, 6) is 1.65. The van der Waals surface area contributed by atoms with Crippen LogP contribution in [0.1, 0.15) is 73.6 Å². The standard InChI is InChI=1S/C18H36N2O2/c1-13(2)15-8-7-9-16(12-15)19-11-10-14(3)20-17(21)22-18(4,5)6/h13-16,19H,7-12H2,1-6H3,(H,20,21). The van der Waals surface area contributed by atoms with E-state index in [0.717, 1.165) is 24.8 Å². The van der Waals surface area contributed by atoms with Gasteiger partial charge in [-0.1, -0.05) is 26.7 Å². The van der Waals surface area contributed by atoms with E-state index < -0.39 is 5.60 Å². The minimum atomic E-state index is -0.435. The summed E-state index contributed by atoms with van der Waals surface area (Å²) in [5.41, 5.74) is -0.435. The first-order valence-corrected chi connectivity index (χ1v) is 8.90. The molecule has 1 fully saturated rings. The Morgan fingerprint density at radius 2 is 1.91 bits per heavy atom. The van der Waals surface area contributed by atoms with Crippen molar-refractivity contribution in [3.05, 3.63) is 0 Å². The normalized spacial score (nSPS) is 24.1. The predicted octanol–water partition coefficient (Wildman–Crippen LogP) is 4.09. The molecular formula is C18H36N2O2. The van der Waals surface area contributed by atoms with Crippen LogP contribution in [0.25, 0.3) is 0 Å². The van der Waals surface area contributed by atoms with Gasteiger partial charge in [0.2, 0.25) is 0 Å². The zero-order valence-corrected chi connectivity index (χ0v) is 15.4. The maximum atomic E-state index is 11.7. The average Bonchev–Trinajstić information content (AvgIpc) is 2.36.